The van der Waals surface area contributed by atoms with E-state index in [1.165, 1.54) is 6.07 Å². The van der Waals surface area contributed by atoms with E-state index < -0.39 is 4.92 Å². The molecule has 0 aliphatic heterocycles. The molecule has 0 bridgehead atoms. The highest BCUT2D eigenvalue weighted by molar-refractivity contribution is 9.10. The number of benzene rings is 2. The molecule has 7 heteroatoms. The lowest BCUT2D eigenvalue weighted by Crippen LogP contribution is -2.15. The summed E-state index contributed by atoms with van der Waals surface area (Å²) in [6, 6.07) is 11.9. The number of carbonyl (C=O) groups excluding carboxylic acids is 1. The Hall–Kier alpha value is -2.41. The summed E-state index contributed by atoms with van der Waals surface area (Å²) in [5, 5.41) is 13.5. The molecule has 0 saturated carbocycles. The van der Waals surface area contributed by atoms with Gasteiger partial charge in [-0.1, -0.05) is 28.1 Å². The van der Waals surface area contributed by atoms with E-state index in [2.05, 4.69) is 21.2 Å². The van der Waals surface area contributed by atoms with Crippen LogP contribution < -0.4 is 10.1 Å². The smallest absolute Gasteiger partial charge is 0.274 e. The summed E-state index contributed by atoms with van der Waals surface area (Å²) in [6.07, 6.45) is 0.147. The molecule has 0 atom stereocenters. The van der Waals surface area contributed by atoms with E-state index in [1.54, 1.807) is 31.2 Å². The number of hydrogen-bond donors (Lipinski definition) is 1. The molecular formula is C16H15BrN2O4. The molecule has 0 aromatic heterocycles. The molecule has 1 N–H and O–H groups in total. The fourth-order valence-electron chi connectivity index (χ4n) is 1.93. The largest absolute Gasteiger partial charge is 0.493 e. The van der Waals surface area contributed by atoms with Crippen LogP contribution in [0.25, 0.3) is 0 Å². The first-order chi connectivity index (χ1) is 11.0. The van der Waals surface area contributed by atoms with Crippen LogP contribution in [0.1, 0.15) is 12.0 Å². The Morgan fingerprint density at radius 1 is 1.30 bits per heavy atom. The maximum Gasteiger partial charge on any atom is 0.274 e. The number of hydrogen-bond acceptors (Lipinski definition) is 4. The average molecular weight is 379 g/mol. The highest BCUT2D eigenvalue weighted by Gasteiger charge is 2.12. The Bertz CT molecular complexity index is 734. The average Bonchev–Trinajstić information content (AvgIpc) is 2.49. The number of halogens is 1. The highest BCUT2D eigenvalue weighted by Crippen LogP contribution is 2.22. The summed E-state index contributed by atoms with van der Waals surface area (Å²) in [7, 11) is 0. The predicted molar refractivity (Wildman–Crippen MR) is 90.7 cm³/mol. The van der Waals surface area contributed by atoms with E-state index in [4.69, 9.17) is 4.74 Å². The Balaban J connectivity index is 1.87. The van der Waals surface area contributed by atoms with Gasteiger partial charge < -0.3 is 10.1 Å². The van der Waals surface area contributed by atoms with E-state index in [0.29, 0.717) is 17.0 Å². The van der Waals surface area contributed by atoms with Crippen LogP contribution in [-0.4, -0.2) is 17.4 Å². The van der Waals surface area contributed by atoms with Gasteiger partial charge in [-0.25, -0.2) is 0 Å². The van der Waals surface area contributed by atoms with Crippen LogP contribution in [0.5, 0.6) is 5.75 Å². The van der Waals surface area contributed by atoms with Crippen molar-refractivity contribution in [1.29, 1.82) is 0 Å². The molecule has 120 valence electrons. The molecule has 2 aromatic carbocycles. The van der Waals surface area contributed by atoms with Crippen molar-refractivity contribution in [2.75, 3.05) is 11.9 Å². The summed E-state index contributed by atoms with van der Waals surface area (Å²) in [4.78, 5) is 22.3. The van der Waals surface area contributed by atoms with Crippen LogP contribution >= 0.6 is 15.9 Å². The zero-order chi connectivity index (χ0) is 16.8. The molecule has 0 unspecified atom stereocenters. The maximum absolute atomic E-state index is 11.9. The maximum atomic E-state index is 11.9. The number of nitro benzene ring substituents is 1. The first kappa shape index (κ1) is 17.0. The predicted octanol–water partition coefficient (Wildman–Crippen LogP) is 4.07. The Morgan fingerprint density at radius 3 is 2.78 bits per heavy atom. The number of aryl methyl sites for hydroxylation is 1. The Kier molecular flexibility index (Phi) is 5.70. The van der Waals surface area contributed by atoms with Gasteiger partial charge in [0.05, 0.1) is 18.0 Å². The van der Waals surface area contributed by atoms with Crippen LogP contribution in [0.4, 0.5) is 11.4 Å². The van der Waals surface area contributed by atoms with Crippen molar-refractivity contribution in [3.8, 4) is 5.75 Å². The van der Waals surface area contributed by atoms with E-state index in [1.807, 2.05) is 12.1 Å². The number of nitro groups is 1. The molecular weight excluding hydrogens is 364 g/mol. The molecule has 23 heavy (non-hydrogen) atoms. The van der Waals surface area contributed by atoms with Gasteiger partial charge in [-0.3, -0.25) is 14.9 Å². The molecule has 6 nitrogen and oxygen atoms in total. The van der Waals surface area contributed by atoms with Crippen LogP contribution in [0.15, 0.2) is 46.9 Å². The lowest BCUT2D eigenvalue weighted by Gasteiger charge is -2.08. The first-order valence-electron chi connectivity index (χ1n) is 6.89. The fraction of sp³-hybridized carbons (Fsp3) is 0.188. The Morgan fingerprint density at radius 2 is 2.09 bits per heavy atom. The van der Waals surface area contributed by atoms with Gasteiger partial charge >= 0.3 is 0 Å². The van der Waals surface area contributed by atoms with Gasteiger partial charge in [-0.05, 0) is 31.2 Å². The van der Waals surface area contributed by atoms with E-state index >= 15 is 0 Å². The third-order valence-electron chi connectivity index (χ3n) is 3.08. The molecule has 1 amide bonds. The van der Waals surface area contributed by atoms with E-state index in [0.717, 1.165) is 4.47 Å². The van der Waals surface area contributed by atoms with Crippen LogP contribution in [0, 0.1) is 17.0 Å². The number of carbonyl (C=O) groups is 1. The summed E-state index contributed by atoms with van der Waals surface area (Å²) < 4.78 is 6.37. The third-order valence-corrected chi connectivity index (χ3v) is 3.58. The SMILES string of the molecule is Cc1ccc(NC(=O)CCOc2cccc(Br)c2)cc1[N+](=O)[O-]. The number of nitrogens with one attached hydrogen (secondary N) is 1. The number of ether oxygens (including phenoxy) is 1. The minimum atomic E-state index is -0.471. The second-order valence-corrected chi connectivity index (χ2v) is 5.78. The lowest BCUT2D eigenvalue weighted by molar-refractivity contribution is -0.385. The van der Waals surface area contributed by atoms with Gasteiger partial charge in [0.2, 0.25) is 5.91 Å². The zero-order valence-electron chi connectivity index (χ0n) is 12.4. The number of amides is 1. The van der Waals surface area contributed by atoms with Gasteiger partial charge in [-0.15, -0.1) is 0 Å². The minimum absolute atomic E-state index is 0.0202. The number of rotatable bonds is 6. The first-order valence-corrected chi connectivity index (χ1v) is 7.68. The highest BCUT2D eigenvalue weighted by atomic mass is 79.9. The zero-order valence-corrected chi connectivity index (χ0v) is 14.0. The molecule has 0 spiro atoms. The van der Waals surface area contributed by atoms with Crippen molar-refractivity contribution in [3.05, 3.63) is 62.6 Å². The Labute approximate surface area is 141 Å². The molecule has 0 radical (unpaired) electrons. The molecule has 0 aliphatic carbocycles. The standard InChI is InChI=1S/C16H15BrN2O4/c1-11-5-6-13(10-15(11)19(21)22)18-16(20)7-8-23-14-4-2-3-12(17)9-14/h2-6,9-10H,7-8H2,1H3,(H,18,20). The number of nitrogens with zero attached hydrogens (tertiary/aromatic N) is 1. The summed E-state index contributed by atoms with van der Waals surface area (Å²) >= 11 is 3.34. The molecule has 2 aromatic rings. The van der Waals surface area contributed by atoms with Gasteiger partial charge in [0, 0.05) is 21.8 Å². The fourth-order valence-corrected chi connectivity index (χ4v) is 2.30. The molecule has 0 fully saturated rings. The topological polar surface area (TPSA) is 81.5 Å². The van der Waals surface area contributed by atoms with Crippen molar-refractivity contribution in [2.45, 2.75) is 13.3 Å². The molecule has 0 saturated heterocycles. The molecule has 0 aliphatic rings. The molecule has 0 heterocycles. The van der Waals surface area contributed by atoms with Crippen LogP contribution in [0.3, 0.4) is 0 Å². The lowest BCUT2D eigenvalue weighted by atomic mass is 10.2. The monoisotopic (exact) mass is 378 g/mol. The summed E-state index contributed by atoms with van der Waals surface area (Å²) in [5.74, 6) is 0.399. The number of anilines is 1. The summed E-state index contributed by atoms with van der Waals surface area (Å²) in [6.45, 7) is 1.87. The quantitative estimate of drug-likeness (QED) is 0.606. The van der Waals surface area contributed by atoms with Crippen molar-refractivity contribution in [1.82, 2.24) is 0 Å². The van der Waals surface area contributed by atoms with Gasteiger partial charge in [-0.2, -0.15) is 0 Å². The van der Waals surface area contributed by atoms with Crippen LogP contribution in [-0.2, 0) is 4.79 Å². The van der Waals surface area contributed by atoms with Gasteiger partial charge in [0.1, 0.15) is 5.75 Å². The third kappa shape index (κ3) is 5.07. The minimum Gasteiger partial charge on any atom is -0.493 e. The second kappa shape index (κ2) is 7.73. The summed E-state index contributed by atoms with van der Waals surface area (Å²) in [5.41, 5.74) is 0.925. The molecule has 2 rings (SSSR count). The van der Waals surface area contributed by atoms with Gasteiger partial charge in [0.15, 0.2) is 0 Å². The van der Waals surface area contributed by atoms with E-state index in [9.17, 15) is 14.9 Å². The van der Waals surface area contributed by atoms with Crippen molar-refractivity contribution >= 4 is 33.2 Å². The van der Waals surface area contributed by atoms with Crippen molar-refractivity contribution < 1.29 is 14.5 Å². The second-order valence-electron chi connectivity index (χ2n) is 4.86. The van der Waals surface area contributed by atoms with Crippen molar-refractivity contribution in [2.24, 2.45) is 0 Å². The van der Waals surface area contributed by atoms with Gasteiger partial charge in [0.25, 0.3) is 5.69 Å². The van der Waals surface area contributed by atoms with E-state index in [-0.39, 0.29) is 24.6 Å². The van der Waals surface area contributed by atoms with Crippen LogP contribution in [0.2, 0.25) is 0 Å². The van der Waals surface area contributed by atoms with Crippen molar-refractivity contribution in [3.63, 3.8) is 0 Å². The normalized spacial score (nSPS) is 10.2.